The quantitative estimate of drug-likeness (QED) is 0.415. The summed E-state index contributed by atoms with van der Waals surface area (Å²) in [4.78, 5) is 27.7. The van der Waals surface area contributed by atoms with Crippen LogP contribution < -0.4 is 4.90 Å². The average Bonchev–Trinajstić information content (AvgIpc) is 3.09. The Labute approximate surface area is 175 Å². The Morgan fingerprint density at radius 3 is 2.55 bits per heavy atom. The van der Waals surface area contributed by atoms with Gasteiger partial charge >= 0.3 is 5.97 Å². The smallest absolute Gasteiger partial charge is 0.343 e. The molecular formula is C23H37N3O3. The third-order valence-electron chi connectivity index (χ3n) is 5.54. The first-order valence-electron chi connectivity index (χ1n) is 11.1. The van der Waals surface area contributed by atoms with Crippen molar-refractivity contribution >= 4 is 23.9 Å². The van der Waals surface area contributed by atoms with Gasteiger partial charge in [0.15, 0.2) is 5.82 Å². The van der Waals surface area contributed by atoms with Crippen LogP contribution in [0.25, 0.3) is 6.20 Å². The molecule has 0 spiro atoms. The molecule has 162 valence electrons. The molecule has 6 nitrogen and oxygen atoms in total. The third-order valence-corrected chi connectivity index (χ3v) is 5.54. The minimum absolute atomic E-state index is 0.00566. The van der Waals surface area contributed by atoms with Gasteiger partial charge in [-0.25, -0.2) is 9.48 Å². The monoisotopic (exact) mass is 403 g/mol. The van der Waals surface area contributed by atoms with Crippen molar-refractivity contribution in [2.24, 2.45) is 11.8 Å². The van der Waals surface area contributed by atoms with E-state index in [2.05, 4.69) is 18.9 Å². The zero-order chi connectivity index (χ0) is 21.4. The zero-order valence-electron chi connectivity index (χ0n) is 18.7. The van der Waals surface area contributed by atoms with Crippen molar-refractivity contribution in [3.05, 3.63) is 17.8 Å². The average molecular weight is 404 g/mol. The van der Waals surface area contributed by atoms with E-state index in [-0.39, 0.29) is 24.5 Å². The maximum Gasteiger partial charge on any atom is 0.343 e. The Morgan fingerprint density at radius 2 is 1.97 bits per heavy atom. The van der Waals surface area contributed by atoms with E-state index in [9.17, 15) is 9.59 Å². The first-order chi connectivity index (χ1) is 13.9. The van der Waals surface area contributed by atoms with Gasteiger partial charge in [-0.15, -0.1) is 5.10 Å². The molecule has 1 aliphatic rings. The Balaban J connectivity index is 2.34. The van der Waals surface area contributed by atoms with Crippen molar-refractivity contribution in [1.29, 1.82) is 0 Å². The summed E-state index contributed by atoms with van der Waals surface area (Å²) in [6.45, 7) is 10.4. The largest absolute Gasteiger partial charge is 0.462 e. The van der Waals surface area contributed by atoms with Gasteiger partial charge in [-0.3, -0.25) is 9.69 Å². The van der Waals surface area contributed by atoms with Crippen LogP contribution in [0.15, 0.2) is 12.3 Å². The van der Waals surface area contributed by atoms with Crippen molar-refractivity contribution < 1.29 is 14.3 Å². The number of rotatable bonds is 9. The predicted molar refractivity (Wildman–Crippen MR) is 117 cm³/mol. The molecule has 1 aromatic rings. The lowest BCUT2D eigenvalue weighted by Crippen LogP contribution is -2.43. The van der Waals surface area contributed by atoms with Gasteiger partial charge in [-0.05, 0) is 58.8 Å². The number of anilines is 1. The Hall–Kier alpha value is -2.11. The maximum atomic E-state index is 13.4. The van der Waals surface area contributed by atoms with Crippen molar-refractivity contribution in [3.63, 3.8) is 0 Å². The van der Waals surface area contributed by atoms with E-state index in [0.29, 0.717) is 17.3 Å². The summed E-state index contributed by atoms with van der Waals surface area (Å²) in [6, 6.07) is -0.0950. The summed E-state index contributed by atoms with van der Waals surface area (Å²) < 4.78 is 6.87. The molecule has 1 aromatic heterocycles. The van der Waals surface area contributed by atoms with Gasteiger partial charge in [0.2, 0.25) is 5.91 Å². The second-order valence-corrected chi connectivity index (χ2v) is 8.35. The molecule has 1 heterocycles. The third kappa shape index (κ3) is 6.18. The maximum absolute atomic E-state index is 13.4. The SMILES string of the molecule is CCCC/C=C/n1cc(C(=O)OCC)c(N(C(=O)C2CCC(C)CC2)C(C)C)n1. The summed E-state index contributed by atoms with van der Waals surface area (Å²) >= 11 is 0. The number of nitrogens with zero attached hydrogens (tertiary/aromatic N) is 3. The van der Waals surface area contributed by atoms with Crippen molar-refractivity contribution in [2.45, 2.75) is 85.6 Å². The van der Waals surface area contributed by atoms with Crippen LogP contribution >= 0.6 is 0 Å². The molecule has 6 heteroatoms. The van der Waals surface area contributed by atoms with Crippen LogP contribution in [0.2, 0.25) is 0 Å². The molecule has 1 aliphatic carbocycles. The van der Waals surface area contributed by atoms with Crippen LogP contribution in [0.1, 0.15) is 89.9 Å². The molecule has 1 amide bonds. The standard InChI is InChI=1S/C23H37N3O3/c1-6-8-9-10-15-25-16-20(23(28)29-7-2)21(24-25)26(17(3)4)22(27)19-13-11-18(5)12-14-19/h10,15-19H,6-9,11-14H2,1-5H3/b15-10+. The minimum atomic E-state index is -0.438. The molecule has 1 saturated carbocycles. The number of aromatic nitrogens is 2. The van der Waals surface area contributed by atoms with Crippen molar-refractivity contribution in [3.8, 4) is 0 Å². The second kappa shape index (κ2) is 11.2. The van der Waals surface area contributed by atoms with Gasteiger partial charge in [-0.2, -0.15) is 0 Å². The first-order valence-corrected chi connectivity index (χ1v) is 11.1. The molecule has 2 rings (SSSR count). The van der Waals surface area contributed by atoms with Crippen LogP contribution in [-0.2, 0) is 9.53 Å². The summed E-state index contributed by atoms with van der Waals surface area (Å²) in [5, 5.41) is 4.60. The fourth-order valence-corrected chi connectivity index (χ4v) is 3.80. The molecule has 0 unspecified atom stereocenters. The first kappa shape index (κ1) is 23.2. The van der Waals surface area contributed by atoms with Crippen LogP contribution in [0.5, 0.6) is 0 Å². The normalized spacial score (nSPS) is 19.7. The van der Waals surface area contributed by atoms with Crippen LogP contribution in [0, 0.1) is 11.8 Å². The van der Waals surface area contributed by atoms with E-state index >= 15 is 0 Å². The fourth-order valence-electron chi connectivity index (χ4n) is 3.80. The Kier molecular flexibility index (Phi) is 8.93. The number of esters is 1. The molecule has 0 atom stereocenters. The molecule has 0 saturated heterocycles. The van der Waals surface area contributed by atoms with E-state index < -0.39 is 5.97 Å². The molecule has 1 fully saturated rings. The van der Waals surface area contributed by atoms with E-state index in [1.807, 2.05) is 26.1 Å². The highest BCUT2D eigenvalue weighted by Crippen LogP contribution is 2.32. The highest BCUT2D eigenvalue weighted by molar-refractivity contribution is 6.02. The van der Waals surface area contributed by atoms with Crippen LogP contribution in [0.3, 0.4) is 0 Å². The second-order valence-electron chi connectivity index (χ2n) is 8.35. The van der Waals surface area contributed by atoms with Gasteiger partial charge in [0, 0.05) is 24.4 Å². The van der Waals surface area contributed by atoms with Crippen LogP contribution in [-0.4, -0.2) is 34.3 Å². The van der Waals surface area contributed by atoms with E-state index in [1.54, 1.807) is 22.7 Å². The molecule has 0 bridgehead atoms. The number of hydrogen-bond acceptors (Lipinski definition) is 4. The molecule has 0 aliphatic heterocycles. The molecule has 0 N–H and O–H groups in total. The molecule has 0 aromatic carbocycles. The summed E-state index contributed by atoms with van der Waals surface area (Å²) in [5.74, 6) is 0.703. The van der Waals surface area contributed by atoms with Crippen LogP contribution in [0.4, 0.5) is 5.82 Å². The zero-order valence-corrected chi connectivity index (χ0v) is 18.7. The van der Waals surface area contributed by atoms with E-state index in [1.165, 1.54) is 0 Å². The summed E-state index contributed by atoms with van der Waals surface area (Å²) in [5.41, 5.74) is 0.346. The number of amides is 1. The summed E-state index contributed by atoms with van der Waals surface area (Å²) in [7, 11) is 0. The highest BCUT2D eigenvalue weighted by Gasteiger charge is 2.34. The number of carbonyl (C=O) groups excluding carboxylic acids is 2. The number of ether oxygens (including phenoxy) is 1. The van der Waals surface area contributed by atoms with Gasteiger partial charge < -0.3 is 4.74 Å². The molecule has 0 radical (unpaired) electrons. The lowest BCUT2D eigenvalue weighted by atomic mass is 9.82. The van der Waals surface area contributed by atoms with Gasteiger partial charge in [0.25, 0.3) is 0 Å². The Morgan fingerprint density at radius 1 is 1.28 bits per heavy atom. The molecular weight excluding hydrogens is 366 g/mol. The number of unbranched alkanes of at least 4 members (excludes halogenated alkanes) is 2. The number of hydrogen-bond donors (Lipinski definition) is 0. The topological polar surface area (TPSA) is 64.4 Å². The van der Waals surface area contributed by atoms with E-state index in [0.717, 1.165) is 44.9 Å². The minimum Gasteiger partial charge on any atom is -0.462 e. The summed E-state index contributed by atoms with van der Waals surface area (Å²) in [6.07, 6.45) is 12.7. The predicted octanol–water partition coefficient (Wildman–Crippen LogP) is 5.29. The van der Waals surface area contributed by atoms with Crippen molar-refractivity contribution in [1.82, 2.24) is 9.78 Å². The number of allylic oxidation sites excluding steroid dienone is 1. The van der Waals surface area contributed by atoms with Crippen molar-refractivity contribution in [2.75, 3.05) is 11.5 Å². The van der Waals surface area contributed by atoms with Gasteiger partial charge in [0.1, 0.15) is 5.56 Å². The Bertz CT molecular complexity index is 700. The lowest BCUT2D eigenvalue weighted by Gasteiger charge is -2.32. The fraction of sp³-hybridized carbons (Fsp3) is 0.696. The number of carbonyl (C=O) groups is 2. The van der Waals surface area contributed by atoms with Gasteiger partial charge in [-0.1, -0.05) is 32.8 Å². The van der Waals surface area contributed by atoms with Gasteiger partial charge in [0.05, 0.1) is 6.61 Å². The molecule has 29 heavy (non-hydrogen) atoms. The van der Waals surface area contributed by atoms with E-state index in [4.69, 9.17) is 4.74 Å². The lowest BCUT2D eigenvalue weighted by molar-refractivity contribution is -0.123. The highest BCUT2D eigenvalue weighted by atomic mass is 16.5.